The Balaban J connectivity index is 2.49. The molecule has 0 aromatic carbocycles. The molecular formula is C12H23N5O. The van der Waals surface area contributed by atoms with E-state index in [2.05, 4.69) is 15.7 Å². The van der Waals surface area contributed by atoms with Crippen LogP contribution in [0.15, 0.2) is 0 Å². The zero-order chi connectivity index (χ0) is 13.7. The second kappa shape index (κ2) is 6.28. The number of nitrogens with one attached hydrogen (secondary N) is 2. The first-order valence-corrected chi connectivity index (χ1v) is 6.30. The van der Waals surface area contributed by atoms with Crippen LogP contribution in [-0.4, -0.2) is 28.3 Å². The van der Waals surface area contributed by atoms with Crippen LogP contribution in [0.3, 0.4) is 0 Å². The van der Waals surface area contributed by atoms with Crippen LogP contribution in [0.2, 0.25) is 0 Å². The Morgan fingerprint density at radius 1 is 1.50 bits per heavy atom. The largest absolute Gasteiger partial charge is 0.394 e. The van der Waals surface area contributed by atoms with Gasteiger partial charge in [0.2, 0.25) is 5.91 Å². The molecule has 6 heteroatoms. The maximum absolute atomic E-state index is 11.5. The second-order valence-corrected chi connectivity index (χ2v) is 4.59. The molecule has 1 aromatic heterocycles. The highest BCUT2D eigenvalue weighted by Gasteiger charge is 2.11. The predicted octanol–water partition coefficient (Wildman–Crippen LogP) is 0.891. The van der Waals surface area contributed by atoms with Crippen LogP contribution in [0, 0.1) is 0 Å². The monoisotopic (exact) mass is 253 g/mol. The minimum atomic E-state index is 0.0361. The van der Waals surface area contributed by atoms with Crippen molar-refractivity contribution in [2.45, 2.75) is 39.7 Å². The van der Waals surface area contributed by atoms with Gasteiger partial charge in [-0.15, -0.1) is 0 Å². The van der Waals surface area contributed by atoms with Gasteiger partial charge in [0.25, 0.3) is 0 Å². The first-order valence-electron chi connectivity index (χ1n) is 6.30. The summed E-state index contributed by atoms with van der Waals surface area (Å²) in [6.45, 7) is 6.44. The third-order valence-corrected chi connectivity index (χ3v) is 2.59. The van der Waals surface area contributed by atoms with Gasteiger partial charge in [0, 0.05) is 26.1 Å². The van der Waals surface area contributed by atoms with E-state index in [1.807, 2.05) is 27.8 Å². The van der Waals surface area contributed by atoms with E-state index in [0.29, 0.717) is 18.7 Å². The summed E-state index contributed by atoms with van der Waals surface area (Å²) in [7, 11) is 1.84. The molecule has 0 aliphatic rings. The van der Waals surface area contributed by atoms with Crippen molar-refractivity contribution in [3.05, 3.63) is 5.69 Å². The molecule has 0 saturated heterocycles. The molecule has 1 amide bonds. The van der Waals surface area contributed by atoms with Gasteiger partial charge >= 0.3 is 0 Å². The van der Waals surface area contributed by atoms with Gasteiger partial charge in [0.15, 0.2) is 0 Å². The van der Waals surface area contributed by atoms with Gasteiger partial charge in [-0.05, 0) is 20.3 Å². The molecule has 0 unspecified atom stereocenters. The maximum atomic E-state index is 11.5. The molecule has 0 spiro atoms. The Morgan fingerprint density at radius 3 is 2.67 bits per heavy atom. The van der Waals surface area contributed by atoms with Gasteiger partial charge in [-0.1, -0.05) is 6.92 Å². The van der Waals surface area contributed by atoms with E-state index in [4.69, 9.17) is 5.73 Å². The third-order valence-electron chi connectivity index (χ3n) is 2.59. The molecule has 0 fully saturated rings. The van der Waals surface area contributed by atoms with E-state index < -0.39 is 0 Å². The van der Waals surface area contributed by atoms with E-state index in [1.54, 1.807) is 4.68 Å². The number of anilines is 2. The minimum absolute atomic E-state index is 0.0361. The van der Waals surface area contributed by atoms with Gasteiger partial charge < -0.3 is 16.4 Å². The Labute approximate surface area is 108 Å². The Kier molecular flexibility index (Phi) is 5.00. The zero-order valence-electron chi connectivity index (χ0n) is 11.6. The molecule has 102 valence electrons. The van der Waals surface area contributed by atoms with Crippen molar-refractivity contribution in [3.8, 4) is 0 Å². The smallest absolute Gasteiger partial charge is 0.221 e. The summed E-state index contributed by atoms with van der Waals surface area (Å²) in [5.41, 5.74) is 7.52. The summed E-state index contributed by atoms with van der Waals surface area (Å²) in [6, 6.07) is 0.172. The van der Waals surface area contributed by atoms with Gasteiger partial charge in [-0.25, -0.2) is 0 Å². The van der Waals surface area contributed by atoms with E-state index in [1.165, 1.54) is 0 Å². The topological polar surface area (TPSA) is 85.0 Å². The standard InChI is InChI=1S/C12H23N5O/c1-5-9-11(13)12(17(4)16-9)14-7-6-10(18)15-8(2)3/h8,14H,5-7,13H2,1-4H3,(H,15,18). The predicted molar refractivity (Wildman–Crippen MR) is 73.4 cm³/mol. The first kappa shape index (κ1) is 14.3. The molecule has 0 saturated carbocycles. The van der Waals surface area contributed by atoms with Crippen LogP contribution in [0.5, 0.6) is 0 Å². The number of nitrogens with zero attached hydrogens (tertiary/aromatic N) is 2. The van der Waals surface area contributed by atoms with Crippen molar-refractivity contribution in [2.24, 2.45) is 7.05 Å². The lowest BCUT2D eigenvalue weighted by Crippen LogP contribution is -2.31. The number of hydrogen-bond donors (Lipinski definition) is 3. The van der Waals surface area contributed by atoms with Crippen molar-refractivity contribution < 1.29 is 4.79 Å². The zero-order valence-corrected chi connectivity index (χ0v) is 11.6. The molecule has 4 N–H and O–H groups in total. The highest BCUT2D eigenvalue weighted by Crippen LogP contribution is 2.21. The molecule has 0 bridgehead atoms. The average Bonchev–Trinajstić information content (AvgIpc) is 2.55. The second-order valence-electron chi connectivity index (χ2n) is 4.59. The first-order chi connectivity index (χ1) is 8.45. The van der Waals surface area contributed by atoms with Crippen LogP contribution < -0.4 is 16.4 Å². The van der Waals surface area contributed by atoms with Gasteiger partial charge in [-0.2, -0.15) is 5.10 Å². The number of carbonyl (C=O) groups is 1. The highest BCUT2D eigenvalue weighted by atomic mass is 16.1. The number of aryl methyl sites for hydroxylation is 2. The fraction of sp³-hybridized carbons (Fsp3) is 0.667. The third kappa shape index (κ3) is 3.65. The Hall–Kier alpha value is -1.72. The van der Waals surface area contributed by atoms with Crippen molar-refractivity contribution in [2.75, 3.05) is 17.6 Å². The van der Waals surface area contributed by atoms with Gasteiger partial charge in [-0.3, -0.25) is 9.48 Å². The van der Waals surface area contributed by atoms with Crippen molar-refractivity contribution >= 4 is 17.4 Å². The molecule has 0 radical (unpaired) electrons. The fourth-order valence-corrected chi connectivity index (χ4v) is 1.76. The van der Waals surface area contributed by atoms with Crippen LogP contribution in [0.4, 0.5) is 11.5 Å². The lowest BCUT2D eigenvalue weighted by molar-refractivity contribution is -0.121. The van der Waals surface area contributed by atoms with Crippen LogP contribution in [-0.2, 0) is 18.3 Å². The summed E-state index contributed by atoms with van der Waals surface area (Å²) in [5.74, 6) is 0.818. The number of amides is 1. The summed E-state index contributed by atoms with van der Waals surface area (Å²) in [6.07, 6.45) is 1.22. The molecule has 6 nitrogen and oxygen atoms in total. The molecule has 18 heavy (non-hydrogen) atoms. The van der Waals surface area contributed by atoms with Crippen LogP contribution in [0.25, 0.3) is 0 Å². The number of aromatic nitrogens is 2. The summed E-state index contributed by atoms with van der Waals surface area (Å²) >= 11 is 0. The van der Waals surface area contributed by atoms with E-state index in [9.17, 15) is 4.79 Å². The van der Waals surface area contributed by atoms with E-state index in [0.717, 1.165) is 17.9 Å². The maximum Gasteiger partial charge on any atom is 0.221 e. The molecule has 0 aliphatic carbocycles. The summed E-state index contributed by atoms with van der Waals surface area (Å²) < 4.78 is 1.72. The molecule has 1 rings (SSSR count). The number of nitrogen functional groups attached to an aromatic ring is 1. The van der Waals surface area contributed by atoms with Crippen LogP contribution >= 0.6 is 0 Å². The normalized spacial score (nSPS) is 10.7. The lowest BCUT2D eigenvalue weighted by Gasteiger charge is -2.10. The van der Waals surface area contributed by atoms with Gasteiger partial charge in [0.1, 0.15) is 5.82 Å². The summed E-state index contributed by atoms with van der Waals surface area (Å²) in [5, 5.41) is 10.3. The van der Waals surface area contributed by atoms with E-state index >= 15 is 0 Å². The fourth-order valence-electron chi connectivity index (χ4n) is 1.76. The molecule has 1 aromatic rings. The molecule has 0 atom stereocenters. The van der Waals surface area contributed by atoms with Gasteiger partial charge in [0.05, 0.1) is 11.4 Å². The molecule has 0 aliphatic heterocycles. The lowest BCUT2D eigenvalue weighted by atomic mass is 10.3. The average molecular weight is 253 g/mol. The van der Waals surface area contributed by atoms with E-state index in [-0.39, 0.29) is 11.9 Å². The molecular weight excluding hydrogens is 230 g/mol. The quantitative estimate of drug-likeness (QED) is 0.703. The van der Waals surface area contributed by atoms with Crippen molar-refractivity contribution in [1.82, 2.24) is 15.1 Å². The Morgan fingerprint density at radius 2 is 2.17 bits per heavy atom. The minimum Gasteiger partial charge on any atom is -0.394 e. The summed E-state index contributed by atoms with van der Waals surface area (Å²) in [4.78, 5) is 11.5. The van der Waals surface area contributed by atoms with Crippen molar-refractivity contribution in [3.63, 3.8) is 0 Å². The van der Waals surface area contributed by atoms with Crippen LogP contribution in [0.1, 0.15) is 32.9 Å². The number of nitrogens with two attached hydrogens (primary N) is 1. The number of rotatable bonds is 6. The Bertz CT molecular complexity index is 411. The van der Waals surface area contributed by atoms with Crippen molar-refractivity contribution in [1.29, 1.82) is 0 Å². The number of hydrogen-bond acceptors (Lipinski definition) is 4. The SMILES string of the molecule is CCc1nn(C)c(NCCC(=O)NC(C)C)c1N. The molecule has 1 heterocycles. The number of carbonyl (C=O) groups excluding carboxylic acids is 1. The highest BCUT2D eigenvalue weighted by molar-refractivity contribution is 5.77.